The zero-order valence-corrected chi connectivity index (χ0v) is 22.4. The van der Waals surface area contributed by atoms with Gasteiger partial charge in [0.2, 0.25) is 0 Å². The van der Waals surface area contributed by atoms with Crippen LogP contribution < -0.4 is 16.1 Å². The van der Waals surface area contributed by atoms with Crippen LogP contribution in [0.5, 0.6) is 0 Å². The molecule has 0 radical (unpaired) electrons. The predicted octanol–water partition coefficient (Wildman–Crippen LogP) is 3.92. The van der Waals surface area contributed by atoms with Gasteiger partial charge >= 0.3 is 6.09 Å². The molecule has 0 aromatic heterocycles. The van der Waals surface area contributed by atoms with Crippen molar-refractivity contribution in [3.8, 4) is 0 Å². The second-order valence-electron chi connectivity index (χ2n) is 11.5. The monoisotopic (exact) mass is 486 g/mol. The average molecular weight is 487 g/mol. The Hall–Kier alpha value is -2.87. The third kappa shape index (κ3) is 9.36. The van der Waals surface area contributed by atoms with E-state index in [2.05, 4.69) is 36.8 Å². The SMILES string of the molecule is CC(C)CC(NC(=O)c1ccc(C(C)(C)C)cc1)C(=O)NN(C[C@H]1C=CCN1)C(=O)OC(C)(C)C. The Morgan fingerprint density at radius 2 is 1.71 bits per heavy atom. The minimum absolute atomic E-state index is 0.0243. The molecule has 0 bridgehead atoms. The van der Waals surface area contributed by atoms with E-state index < -0.39 is 23.6 Å². The molecule has 0 saturated carbocycles. The zero-order chi connectivity index (χ0) is 26.4. The van der Waals surface area contributed by atoms with Gasteiger partial charge in [0, 0.05) is 18.2 Å². The van der Waals surface area contributed by atoms with Gasteiger partial charge in [-0.25, -0.2) is 9.80 Å². The largest absolute Gasteiger partial charge is 0.442 e. The van der Waals surface area contributed by atoms with Gasteiger partial charge in [-0.3, -0.25) is 15.0 Å². The van der Waals surface area contributed by atoms with Crippen molar-refractivity contribution in [1.82, 2.24) is 21.1 Å². The quantitative estimate of drug-likeness (QED) is 0.401. The van der Waals surface area contributed by atoms with Gasteiger partial charge in [-0.1, -0.05) is 58.9 Å². The Bertz CT molecular complexity index is 911. The molecule has 1 aromatic rings. The number of amides is 3. The fourth-order valence-corrected chi connectivity index (χ4v) is 3.60. The van der Waals surface area contributed by atoms with Gasteiger partial charge in [0.05, 0.1) is 6.54 Å². The lowest BCUT2D eigenvalue weighted by molar-refractivity contribution is -0.128. The van der Waals surface area contributed by atoms with Crippen LogP contribution in [0.15, 0.2) is 36.4 Å². The number of hydrazine groups is 1. The third-order valence-corrected chi connectivity index (χ3v) is 5.45. The Morgan fingerprint density at radius 3 is 2.20 bits per heavy atom. The highest BCUT2D eigenvalue weighted by Gasteiger charge is 2.30. The second-order valence-corrected chi connectivity index (χ2v) is 11.5. The molecule has 1 unspecified atom stereocenters. The molecule has 0 spiro atoms. The molecule has 3 amide bonds. The van der Waals surface area contributed by atoms with Gasteiger partial charge in [-0.15, -0.1) is 0 Å². The first-order valence-electron chi connectivity index (χ1n) is 12.3. The maximum Gasteiger partial charge on any atom is 0.429 e. The fourth-order valence-electron chi connectivity index (χ4n) is 3.60. The Labute approximate surface area is 209 Å². The topological polar surface area (TPSA) is 99.8 Å². The highest BCUT2D eigenvalue weighted by molar-refractivity contribution is 5.97. The number of benzene rings is 1. The number of carbonyl (C=O) groups is 3. The van der Waals surface area contributed by atoms with Crippen LogP contribution in [0.1, 0.15) is 77.7 Å². The average Bonchev–Trinajstić information content (AvgIpc) is 3.23. The molecule has 1 heterocycles. The molecule has 35 heavy (non-hydrogen) atoms. The first kappa shape index (κ1) is 28.4. The van der Waals surface area contributed by atoms with E-state index in [-0.39, 0.29) is 29.8 Å². The normalized spacial score (nSPS) is 16.7. The van der Waals surface area contributed by atoms with E-state index in [9.17, 15) is 14.4 Å². The summed E-state index contributed by atoms with van der Waals surface area (Å²) in [7, 11) is 0. The van der Waals surface area contributed by atoms with E-state index in [1.165, 1.54) is 5.01 Å². The van der Waals surface area contributed by atoms with Crippen molar-refractivity contribution in [3.63, 3.8) is 0 Å². The first-order valence-corrected chi connectivity index (χ1v) is 12.3. The van der Waals surface area contributed by atoms with Crippen molar-refractivity contribution >= 4 is 17.9 Å². The molecule has 3 N–H and O–H groups in total. The number of hydrogen-bond acceptors (Lipinski definition) is 5. The third-order valence-electron chi connectivity index (χ3n) is 5.45. The molecular formula is C27H42N4O4. The van der Waals surface area contributed by atoms with Crippen molar-refractivity contribution in [3.05, 3.63) is 47.5 Å². The first-order chi connectivity index (χ1) is 16.2. The summed E-state index contributed by atoms with van der Waals surface area (Å²) < 4.78 is 5.49. The van der Waals surface area contributed by atoms with Crippen molar-refractivity contribution in [2.45, 2.75) is 84.9 Å². The summed E-state index contributed by atoms with van der Waals surface area (Å²) in [6.07, 6.45) is 3.67. The number of rotatable bonds is 7. The fraction of sp³-hybridized carbons (Fsp3) is 0.593. The summed E-state index contributed by atoms with van der Waals surface area (Å²) in [5.41, 5.74) is 3.54. The molecule has 1 aromatic carbocycles. The van der Waals surface area contributed by atoms with Crippen LogP contribution in [0, 0.1) is 5.92 Å². The van der Waals surface area contributed by atoms with Gasteiger partial charge in [-0.2, -0.15) is 0 Å². The second kappa shape index (κ2) is 11.7. The zero-order valence-electron chi connectivity index (χ0n) is 22.4. The molecule has 1 aliphatic heterocycles. The molecule has 8 heteroatoms. The lowest BCUT2D eigenvalue weighted by Crippen LogP contribution is -2.57. The number of nitrogens with zero attached hydrogens (tertiary/aromatic N) is 1. The number of ether oxygens (including phenoxy) is 1. The maximum atomic E-state index is 13.3. The van der Waals surface area contributed by atoms with Crippen LogP contribution >= 0.6 is 0 Å². The van der Waals surface area contributed by atoms with Crippen LogP contribution in [0.25, 0.3) is 0 Å². The summed E-state index contributed by atoms with van der Waals surface area (Å²) >= 11 is 0. The van der Waals surface area contributed by atoms with Crippen LogP contribution in [0.3, 0.4) is 0 Å². The van der Waals surface area contributed by atoms with E-state index in [0.717, 1.165) is 5.56 Å². The van der Waals surface area contributed by atoms with Crippen molar-refractivity contribution in [2.75, 3.05) is 13.1 Å². The predicted molar refractivity (Wildman–Crippen MR) is 138 cm³/mol. The number of carbonyl (C=O) groups excluding carboxylic acids is 3. The minimum Gasteiger partial charge on any atom is -0.442 e. The lowest BCUT2D eigenvalue weighted by atomic mass is 9.86. The Balaban J connectivity index is 2.16. The summed E-state index contributed by atoms with van der Waals surface area (Å²) in [5, 5.41) is 7.26. The highest BCUT2D eigenvalue weighted by atomic mass is 16.6. The molecule has 1 aliphatic rings. The molecule has 0 fully saturated rings. The van der Waals surface area contributed by atoms with E-state index in [0.29, 0.717) is 18.5 Å². The van der Waals surface area contributed by atoms with Gasteiger partial charge in [-0.05, 0) is 56.2 Å². The standard InChI is InChI=1S/C27H42N4O4/c1-18(2)16-22(29-23(32)19-11-13-20(14-12-19)26(3,4)5)24(33)30-31(17-21-10-9-15-28-21)25(34)35-27(6,7)8/h9-14,18,21-22,28H,15-17H2,1-8H3,(H,29,32)(H,30,33)/t21-,22?/m1/s1. The van der Waals surface area contributed by atoms with Crippen molar-refractivity contribution in [2.24, 2.45) is 5.92 Å². The van der Waals surface area contributed by atoms with E-state index >= 15 is 0 Å². The Morgan fingerprint density at radius 1 is 1.09 bits per heavy atom. The molecule has 0 saturated heterocycles. The van der Waals surface area contributed by atoms with Gasteiger partial charge in [0.25, 0.3) is 11.8 Å². The van der Waals surface area contributed by atoms with Crippen LogP contribution in [0.4, 0.5) is 4.79 Å². The number of nitrogens with one attached hydrogen (secondary N) is 3. The maximum absolute atomic E-state index is 13.3. The number of hydrogen-bond donors (Lipinski definition) is 3. The highest BCUT2D eigenvalue weighted by Crippen LogP contribution is 2.22. The van der Waals surface area contributed by atoms with Crippen molar-refractivity contribution in [1.29, 1.82) is 0 Å². The van der Waals surface area contributed by atoms with E-state index in [4.69, 9.17) is 4.74 Å². The lowest BCUT2D eigenvalue weighted by Gasteiger charge is -2.30. The summed E-state index contributed by atoms with van der Waals surface area (Å²) in [6.45, 7) is 16.5. The van der Waals surface area contributed by atoms with Crippen LogP contribution in [-0.4, -0.2) is 53.7 Å². The van der Waals surface area contributed by atoms with Crippen molar-refractivity contribution < 1.29 is 19.1 Å². The Kier molecular flexibility index (Phi) is 9.49. The van der Waals surface area contributed by atoms with Crippen LogP contribution in [-0.2, 0) is 14.9 Å². The van der Waals surface area contributed by atoms with E-state index in [1.54, 1.807) is 32.9 Å². The van der Waals surface area contributed by atoms with Crippen LogP contribution in [0.2, 0.25) is 0 Å². The summed E-state index contributed by atoms with van der Waals surface area (Å²) in [6, 6.07) is 6.47. The molecule has 194 valence electrons. The van der Waals surface area contributed by atoms with Gasteiger partial charge in [0.15, 0.2) is 0 Å². The van der Waals surface area contributed by atoms with Gasteiger partial charge < -0.3 is 15.4 Å². The summed E-state index contributed by atoms with van der Waals surface area (Å²) in [4.78, 5) is 39.1. The molecule has 2 atom stereocenters. The van der Waals surface area contributed by atoms with Gasteiger partial charge in [0.1, 0.15) is 11.6 Å². The molecule has 0 aliphatic carbocycles. The van der Waals surface area contributed by atoms with E-state index in [1.807, 2.05) is 38.1 Å². The minimum atomic E-state index is -0.818. The molecule has 2 rings (SSSR count). The smallest absolute Gasteiger partial charge is 0.429 e. The molecular weight excluding hydrogens is 444 g/mol. The summed E-state index contributed by atoms with van der Waals surface area (Å²) in [5.74, 6) is -0.662. The molecule has 8 nitrogen and oxygen atoms in total.